The number of rotatable bonds is 0. The molecule has 0 amide bonds. The minimum Gasteiger partial charge on any atom is -0.459 e. The third kappa shape index (κ3) is 3.96. The molecular weight excluding hydrogens is 239 g/mol. The maximum absolute atomic E-state index is 3.90. The van der Waals surface area contributed by atoms with E-state index in [0.717, 1.165) is 11.0 Å². The molecule has 0 aliphatic heterocycles. The van der Waals surface area contributed by atoms with E-state index >= 15 is 0 Å². The summed E-state index contributed by atoms with van der Waals surface area (Å²) in [7, 11) is 0. The van der Waals surface area contributed by atoms with Crippen LogP contribution in [0.4, 0.5) is 0 Å². The summed E-state index contributed by atoms with van der Waals surface area (Å²) in [6, 6.07) is 1.84. The molecule has 0 saturated carbocycles. The topological polar surface area (TPSA) is 41.6 Å². The van der Waals surface area contributed by atoms with E-state index in [1.165, 1.54) is 0 Å². The van der Waals surface area contributed by atoms with Gasteiger partial charge in [0.1, 0.15) is 0 Å². The standard InChI is InChI=1S/C6H4N3.C3H7.Y/c1-2-7-3-6-5(1)8-4-9-6;1-3-2;/h1-3H,(H,8,9);3H,1-2H3;/q2*-1;. The van der Waals surface area contributed by atoms with Crippen LogP contribution < -0.4 is 0 Å². The van der Waals surface area contributed by atoms with Crippen LogP contribution in [0.1, 0.15) is 13.8 Å². The van der Waals surface area contributed by atoms with Gasteiger partial charge in [-0.1, -0.05) is 17.1 Å². The van der Waals surface area contributed by atoms with Crippen LogP contribution in [-0.2, 0) is 32.7 Å². The van der Waals surface area contributed by atoms with E-state index in [2.05, 4.69) is 21.3 Å². The Morgan fingerprint density at radius 1 is 1.46 bits per heavy atom. The van der Waals surface area contributed by atoms with Crippen molar-refractivity contribution in [2.24, 2.45) is 0 Å². The van der Waals surface area contributed by atoms with Gasteiger partial charge in [0, 0.05) is 38.9 Å². The fourth-order valence-electron chi connectivity index (χ4n) is 0.729. The first-order chi connectivity index (χ1) is 5.88. The van der Waals surface area contributed by atoms with Crippen LogP contribution in [-0.4, -0.2) is 15.0 Å². The van der Waals surface area contributed by atoms with Gasteiger partial charge in [-0.2, -0.15) is 13.8 Å². The van der Waals surface area contributed by atoms with Crippen LogP contribution in [0, 0.1) is 12.7 Å². The van der Waals surface area contributed by atoms with Crippen molar-refractivity contribution in [2.75, 3.05) is 0 Å². The number of nitrogens with zero attached hydrogens (tertiary/aromatic N) is 2. The molecule has 0 unspecified atom stereocenters. The molecule has 3 nitrogen and oxygen atoms in total. The van der Waals surface area contributed by atoms with Gasteiger partial charge in [-0.05, 0) is 12.5 Å². The predicted molar refractivity (Wildman–Crippen MR) is 48.4 cm³/mol. The number of imidazole rings is 1. The van der Waals surface area contributed by atoms with Gasteiger partial charge in [0.15, 0.2) is 0 Å². The van der Waals surface area contributed by atoms with Crippen LogP contribution in [0.5, 0.6) is 0 Å². The van der Waals surface area contributed by atoms with Crippen molar-refractivity contribution in [2.45, 2.75) is 13.8 Å². The summed E-state index contributed by atoms with van der Waals surface area (Å²) >= 11 is 0. The molecule has 67 valence electrons. The number of hydrogen-bond donors (Lipinski definition) is 1. The van der Waals surface area contributed by atoms with Crippen molar-refractivity contribution in [1.82, 2.24) is 15.0 Å². The van der Waals surface area contributed by atoms with Crippen molar-refractivity contribution in [1.29, 1.82) is 0 Å². The fourth-order valence-corrected chi connectivity index (χ4v) is 0.729. The summed E-state index contributed by atoms with van der Waals surface area (Å²) < 4.78 is 0. The second kappa shape index (κ2) is 7.16. The molecule has 0 aliphatic rings. The maximum Gasteiger partial charge on any atom is 0.0145 e. The van der Waals surface area contributed by atoms with Crippen LogP contribution in [0.25, 0.3) is 11.0 Å². The Bertz CT molecular complexity index is 302. The van der Waals surface area contributed by atoms with E-state index in [1.807, 2.05) is 26.3 Å². The number of fused-ring (bicyclic) bond motifs is 1. The zero-order valence-electron chi connectivity index (χ0n) is 7.78. The third-order valence-electron chi connectivity index (χ3n) is 1.16. The first-order valence-electron chi connectivity index (χ1n) is 3.78. The summed E-state index contributed by atoms with van der Waals surface area (Å²) in [5.41, 5.74) is 1.84. The van der Waals surface area contributed by atoms with Crippen LogP contribution >= 0.6 is 0 Å². The molecule has 13 heavy (non-hydrogen) atoms. The number of pyridine rings is 1. The molecule has 0 fully saturated rings. The predicted octanol–water partition coefficient (Wildman–Crippen LogP) is 1.99. The SMILES string of the molecule is C[CH-]C.[Y].[c-]1nc2ccncc2[nH]1. The minimum atomic E-state index is 0. The Labute approximate surface area is 103 Å². The molecule has 2 rings (SSSR count). The molecule has 2 aromatic rings. The molecule has 0 saturated heterocycles. The van der Waals surface area contributed by atoms with E-state index in [9.17, 15) is 0 Å². The van der Waals surface area contributed by atoms with Gasteiger partial charge in [0.05, 0.1) is 0 Å². The third-order valence-corrected chi connectivity index (χ3v) is 1.16. The Kier molecular flexibility index (Phi) is 7.01. The molecule has 0 atom stereocenters. The Balaban J connectivity index is 0.000000324. The van der Waals surface area contributed by atoms with Gasteiger partial charge in [0.25, 0.3) is 0 Å². The minimum absolute atomic E-state index is 0. The largest absolute Gasteiger partial charge is 0.459 e. The average molecular weight is 250 g/mol. The first kappa shape index (κ1) is 12.7. The van der Waals surface area contributed by atoms with Crippen molar-refractivity contribution >= 4 is 11.0 Å². The van der Waals surface area contributed by atoms with Gasteiger partial charge in [-0.15, -0.1) is 0 Å². The average Bonchev–Trinajstić information content (AvgIpc) is 2.52. The van der Waals surface area contributed by atoms with E-state index in [1.54, 1.807) is 12.4 Å². The number of hydrogen-bond acceptors (Lipinski definition) is 2. The van der Waals surface area contributed by atoms with Gasteiger partial charge < -0.3 is 16.4 Å². The van der Waals surface area contributed by atoms with Crippen LogP contribution in [0.3, 0.4) is 0 Å². The summed E-state index contributed by atoms with van der Waals surface area (Å²) in [6.07, 6.45) is 8.05. The fraction of sp³-hybridized carbons (Fsp3) is 0.222. The maximum atomic E-state index is 3.90. The number of aromatic amines is 1. The molecule has 2 heterocycles. The van der Waals surface area contributed by atoms with E-state index in [0.29, 0.717) is 0 Å². The summed E-state index contributed by atoms with van der Waals surface area (Å²) in [6.45, 7) is 4.00. The monoisotopic (exact) mass is 250 g/mol. The molecule has 1 radical (unpaired) electrons. The van der Waals surface area contributed by atoms with Gasteiger partial charge in [-0.3, -0.25) is 4.98 Å². The number of H-pyrrole nitrogens is 1. The molecule has 0 aromatic carbocycles. The second-order valence-electron chi connectivity index (χ2n) is 2.32. The van der Waals surface area contributed by atoms with Crippen molar-refractivity contribution < 1.29 is 32.7 Å². The summed E-state index contributed by atoms with van der Waals surface area (Å²) in [4.78, 5) is 10.6. The van der Waals surface area contributed by atoms with Crippen LogP contribution in [0.2, 0.25) is 0 Å². The Morgan fingerprint density at radius 3 is 2.77 bits per heavy atom. The van der Waals surface area contributed by atoms with Crippen molar-refractivity contribution in [3.05, 3.63) is 31.2 Å². The Morgan fingerprint density at radius 2 is 2.15 bits per heavy atom. The molecule has 0 aliphatic carbocycles. The zero-order chi connectivity index (χ0) is 8.81. The van der Waals surface area contributed by atoms with E-state index in [4.69, 9.17) is 0 Å². The Hall–Kier alpha value is -0.276. The van der Waals surface area contributed by atoms with Gasteiger partial charge in [0.2, 0.25) is 0 Å². The number of nitrogens with one attached hydrogen (secondary N) is 1. The second-order valence-corrected chi connectivity index (χ2v) is 2.32. The smallest absolute Gasteiger partial charge is 0.0145 e. The summed E-state index contributed by atoms with van der Waals surface area (Å²) in [5.74, 6) is 0. The van der Waals surface area contributed by atoms with Crippen molar-refractivity contribution in [3.8, 4) is 0 Å². The molecule has 2 aromatic heterocycles. The van der Waals surface area contributed by atoms with E-state index in [-0.39, 0.29) is 32.7 Å². The zero-order valence-corrected chi connectivity index (χ0v) is 10.6. The van der Waals surface area contributed by atoms with Crippen LogP contribution in [0.15, 0.2) is 18.5 Å². The van der Waals surface area contributed by atoms with Gasteiger partial charge >= 0.3 is 0 Å². The molecule has 4 heteroatoms. The number of aromatic nitrogens is 3. The molecular formula is C9H11N3Y-2. The van der Waals surface area contributed by atoms with E-state index < -0.39 is 0 Å². The van der Waals surface area contributed by atoms with Crippen molar-refractivity contribution in [3.63, 3.8) is 0 Å². The first-order valence-corrected chi connectivity index (χ1v) is 3.78. The van der Waals surface area contributed by atoms with Gasteiger partial charge in [-0.25, -0.2) is 0 Å². The molecule has 0 spiro atoms. The molecule has 1 N–H and O–H groups in total. The quantitative estimate of drug-likeness (QED) is 0.726. The normalized spacial score (nSPS) is 8.46. The molecule has 0 bridgehead atoms. The summed E-state index contributed by atoms with van der Waals surface area (Å²) in [5, 5.41) is 0.